The van der Waals surface area contributed by atoms with Gasteiger partial charge in [0, 0.05) is 0 Å². The molecule has 4 nitrogen and oxygen atoms in total. The van der Waals surface area contributed by atoms with E-state index in [1.54, 1.807) is 0 Å². The van der Waals surface area contributed by atoms with Gasteiger partial charge in [-0.1, -0.05) is 66.7 Å². The van der Waals surface area contributed by atoms with Crippen molar-refractivity contribution in [3.05, 3.63) is 95.3 Å². The standard InChI is InChI=1S/C26H23N3O/c1-26(2)20-15-21-22(28-24(27-21)14-13-18-9-5-3-6-10-18)16-23(20)29(25(26)30)17-19-11-7-4-8-12-19/h3-16H,17H2,1-2H3,(H,27,28). The number of aromatic nitrogens is 2. The zero-order valence-electron chi connectivity index (χ0n) is 17.1. The first-order valence-corrected chi connectivity index (χ1v) is 10.2. The molecule has 2 heterocycles. The Hall–Kier alpha value is -3.66. The van der Waals surface area contributed by atoms with Crippen molar-refractivity contribution in [1.29, 1.82) is 0 Å². The summed E-state index contributed by atoms with van der Waals surface area (Å²) in [6, 6.07) is 24.4. The quantitative estimate of drug-likeness (QED) is 0.494. The molecule has 0 aliphatic carbocycles. The number of benzene rings is 3. The highest BCUT2D eigenvalue weighted by molar-refractivity contribution is 6.09. The Labute approximate surface area is 175 Å². The van der Waals surface area contributed by atoms with Crippen LogP contribution in [0.5, 0.6) is 0 Å². The number of nitrogens with zero attached hydrogens (tertiary/aromatic N) is 2. The van der Waals surface area contributed by atoms with Crippen LogP contribution in [0.25, 0.3) is 23.2 Å². The first-order chi connectivity index (χ1) is 14.5. The van der Waals surface area contributed by atoms with E-state index in [0.717, 1.165) is 39.2 Å². The smallest absolute Gasteiger partial charge is 0.237 e. The minimum Gasteiger partial charge on any atom is -0.338 e. The number of carbonyl (C=O) groups is 1. The lowest BCUT2D eigenvalue weighted by atomic mass is 9.86. The van der Waals surface area contributed by atoms with Gasteiger partial charge in [0.2, 0.25) is 5.91 Å². The van der Waals surface area contributed by atoms with Crippen LogP contribution in [0.2, 0.25) is 0 Å². The summed E-state index contributed by atoms with van der Waals surface area (Å²) in [6.07, 6.45) is 4.03. The van der Waals surface area contributed by atoms with Gasteiger partial charge in [-0.15, -0.1) is 0 Å². The third kappa shape index (κ3) is 3.11. The molecule has 4 heteroatoms. The second-order valence-electron chi connectivity index (χ2n) is 8.25. The monoisotopic (exact) mass is 393 g/mol. The zero-order chi connectivity index (χ0) is 20.7. The lowest BCUT2D eigenvalue weighted by Crippen LogP contribution is -2.35. The molecule has 1 amide bonds. The predicted molar refractivity (Wildman–Crippen MR) is 122 cm³/mol. The number of H-pyrrole nitrogens is 1. The Bertz CT molecular complexity index is 1250. The molecule has 0 spiro atoms. The van der Waals surface area contributed by atoms with Crippen molar-refractivity contribution in [1.82, 2.24) is 9.97 Å². The van der Waals surface area contributed by atoms with E-state index in [1.807, 2.05) is 73.4 Å². The molecule has 1 aromatic heterocycles. The van der Waals surface area contributed by atoms with Crippen molar-refractivity contribution in [3.8, 4) is 0 Å². The van der Waals surface area contributed by atoms with E-state index < -0.39 is 5.41 Å². The molecule has 0 saturated heterocycles. The zero-order valence-corrected chi connectivity index (χ0v) is 17.1. The van der Waals surface area contributed by atoms with E-state index in [1.165, 1.54) is 0 Å². The molecule has 0 atom stereocenters. The summed E-state index contributed by atoms with van der Waals surface area (Å²) < 4.78 is 0. The van der Waals surface area contributed by atoms with Crippen LogP contribution in [-0.2, 0) is 16.8 Å². The minimum absolute atomic E-state index is 0.123. The van der Waals surface area contributed by atoms with Gasteiger partial charge in [-0.3, -0.25) is 4.79 Å². The van der Waals surface area contributed by atoms with Gasteiger partial charge in [0.15, 0.2) is 0 Å². The van der Waals surface area contributed by atoms with Crippen molar-refractivity contribution in [2.24, 2.45) is 0 Å². The molecule has 0 saturated carbocycles. The Morgan fingerprint density at radius 1 is 0.967 bits per heavy atom. The highest BCUT2D eigenvalue weighted by Gasteiger charge is 2.44. The van der Waals surface area contributed by atoms with Crippen LogP contribution < -0.4 is 4.90 Å². The number of nitrogens with one attached hydrogen (secondary N) is 1. The molecule has 1 aliphatic heterocycles. The molecule has 30 heavy (non-hydrogen) atoms. The maximum Gasteiger partial charge on any atom is 0.237 e. The molecule has 1 N–H and O–H groups in total. The molecular weight excluding hydrogens is 370 g/mol. The first-order valence-electron chi connectivity index (χ1n) is 10.2. The van der Waals surface area contributed by atoms with E-state index in [-0.39, 0.29) is 5.91 Å². The van der Waals surface area contributed by atoms with Crippen LogP contribution in [0.4, 0.5) is 5.69 Å². The summed E-state index contributed by atoms with van der Waals surface area (Å²) >= 11 is 0. The predicted octanol–water partition coefficient (Wildman–Crippen LogP) is 5.56. The molecule has 0 radical (unpaired) electrons. The highest BCUT2D eigenvalue weighted by atomic mass is 16.2. The van der Waals surface area contributed by atoms with Gasteiger partial charge in [-0.2, -0.15) is 0 Å². The fourth-order valence-electron chi connectivity index (χ4n) is 4.09. The van der Waals surface area contributed by atoms with Crippen molar-refractivity contribution in [2.75, 3.05) is 4.90 Å². The van der Waals surface area contributed by atoms with E-state index in [4.69, 9.17) is 4.98 Å². The molecule has 0 unspecified atom stereocenters. The fourth-order valence-corrected chi connectivity index (χ4v) is 4.09. The van der Waals surface area contributed by atoms with Crippen molar-refractivity contribution in [3.63, 3.8) is 0 Å². The van der Waals surface area contributed by atoms with E-state index in [0.29, 0.717) is 6.54 Å². The molecule has 3 aromatic carbocycles. The van der Waals surface area contributed by atoms with Crippen molar-refractivity contribution < 1.29 is 4.79 Å². The molecule has 5 rings (SSSR count). The molecule has 1 aliphatic rings. The number of fused-ring (bicyclic) bond motifs is 2. The van der Waals surface area contributed by atoms with Gasteiger partial charge in [-0.05, 0) is 48.7 Å². The third-order valence-corrected chi connectivity index (χ3v) is 5.78. The maximum atomic E-state index is 13.2. The van der Waals surface area contributed by atoms with Crippen LogP contribution >= 0.6 is 0 Å². The van der Waals surface area contributed by atoms with Gasteiger partial charge in [0.05, 0.1) is 28.7 Å². The van der Waals surface area contributed by atoms with Crippen molar-refractivity contribution in [2.45, 2.75) is 25.8 Å². The SMILES string of the molecule is CC1(C)C(=O)N(Cc2ccccc2)c2cc3nc(C=Cc4ccccc4)[nH]c3cc21. The van der Waals surface area contributed by atoms with Crippen LogP contribution in [0, 0.1) is 0 Å². The topological polar surface area (TPSA) is 49.0 Å². The third-order valence-electron chi connectivity index (χ3n) is 5.78. The van der Waals surface area contributed by atoms with E-state index >= 15 is 0 Å². The summed E-state index contributed by atoms with van der Waals surface area (Å²) in [7, 11) is 0. The second-order valence-corrected chi connectivity index (χ2v) is 8.25. The van der Waals surface area contributed by atoms with Gasteiger partial charge < -0.3 is 9.88 Å². The van der Waals surface area contributed by atoms with Crippen molar-refractivity contribution >= 4 is 34.8 Å². The van der Waals surface area contributed by atoms with Gasteiger partial charge in [-0.25, -0.2) is 4.98 Å². The number of aromatic amines is 1. The summed E-state index contributed by atoms with van der Waals surface area (Å²) in [6.45, 7) is 4.56. The van der Waals surface area contributed by atoms with E-state index in [9.17, 15) is 4.79 Å². The Morgan fingerprint density at radius 2 is 1.67 bits per heavy atom. The Kier molecular flexibility index (Phi) is 4.28. The number of imidazole rings is 1. The summed E-state index contributed by atoms with van der Waals surface area (Å²) in [5.41, 5.74) is 5.48. The van der Waals surface area contributed by atoms with Crippen LogP contribution in [0.1, 0.15) is 36.4 Å². The molecule has 0 fully saturated rings. The van der Waals surface area contributed by atoms with Gasteiger partial charge in [0.25, 0.3) is 0 Å². The summed E-state index contributed by atoms with van der Waals surface area (Å²) in [5, 5.41) is 0. The van der Waals surface area contributed by atoms with Crippen LogP contribution in [0.3, 0.4) is 0 Å². The van der Waals surface area contributed by atoms with E-state index in [2.05, 4.69) is 35.3 Å². The normalized spacial score (nSPS) is 15.3. The first kappa shape index (κ1) is 18.4. The molecule has 148 valence electrons. The minimum atomic E-state index is -0.566. The lowest BCUT2D eigenvalue weighted by molar-refractivity contribution is -0.122. The number of carbonyl (C=O) groups excluding carboxylic acids is 1. The van der Waals surface area contributed by atoms with Crippen LogP contribution in [-0.4, -0.2) is 15.9 Å². The maximum absolute atomic E-state index is 13.2. The lowest BCUT2D eigenvalue weighted by Gasteiger charge is -2.20. The number of amides is 1. The molecule has 4 aromatic rings. The number of anilines is 1. The fraction of sp³-hybridized carbons (Fsp3) is 0.154. The molecular formula is C26H23N3O. The Morgan fingerprint density at radius 3 is 2.40 bits per heavy atom. The van der Waals surface area contributed by atoms with Gasteiger partial charge >= 0.3 is 0 Å². The average Bonchev–Trinajstić information content (AvgIpc) is 3.25. The molecule has 0 bridgehead atoms. The number of hydrogen-bond acceptors (Lipinski definition) is 2. The second kappa shape index (κ2) is 6.99. The average molecular weight is 393 g/mol. The largest absolute Gasteiger partial charge is 0.338 e. The highest BCUT2D eigenvalue weighted by Crippen LogP contribution is 2.44. The van der Waals surface area contributed by atoms with Gasteiger partial charge in [0.1, 0.15) is 5.82 Å². The number of rotatable bonds is 4. The Balaban J connectivity index is 1.53. The number of hydrogen-bond donors (Lipinski definition) is 1. The summed E-state index contributed by atoms with van der Waals surface area (Å²) in [5.74, 6) is 0.925. The summed E-state index contributed by atoms with van der Waals surface area (Å²) in [4.78, 5) is 23.2. The van der Waals surface area contributed by atoms with Crippen LogP contribution in [0.15, 0.2) is 72.8 Å².